The summed E-state index contributed by atoms with van der Waals surface area (Å²) in [5, 5.41) is 3.11. The molecule has 1 saturated heterocycles. The molecule has 40 heavy (non-hydrogen) atoms. The van der Waals surface area contributed by atoms with Crippen LogP contribution in [0.25, 0.3) is 0 Å². The van der Waals surface area contributed by atoms with Crippen LogP contribution >= 0.6 is 23.4 Å². The molecule has 1 unspecified atom stereocenters. The molecule has 4 rings (SSSR count). The molecule has 1 aliphatic heterocycles. The molecular weight excluding hydrogens is 554 g/mol. The highest BCUT2D eigenvalue weighted by atomic mass is 35.5. The van der Waals surface area contributed by atoms with E-state index in [-0.39, 0.29) is 18.2 Å². The van der Waals surface area contributed by atoms with Crippen molar-refractivity contribution >= 4 is 57.7 Å². The summed E-state index contributed by atoms with van der Waals surface area (Å²) in [6, 6.07) is 18.9. The van der Waals surface area contributed by atoms with Crippen molar-refractivity contribution in [3.63, 3.8) is 0 Å². The topological polar surface area (TPSA) is 107 Å². The number of carbonyl (C=O) groups excluding carboxylic acids is 3. The third-order valence-electron chi connectivity index (χ3n) is 6.13. The Labute approximate surface area is 241 Å². The normalized spacial score (nSPS) is 16.0. The first-order valence-corrected chi connectivity index (χ1v) is 13.6. The van der Waals surface area contributed by atoms with Crippen molar-refractivity contribution in [1.82, 2.24) is 4.90 Å². The van der Waals surface area contributed by atoms with Crippen molar-refractivity contribution in [2.75, 3.05) is 33.2 Å². The van der Waals surface area contributed by atoms with Crippen LogP contribution in [0, 0.1) is 0 Å². The fourth-order valence-corrected chi connectivity index (χ4v) is 5.25. The van der Waals surface area contributed by atoms with Gasteiger partial charge in [0.2, 0.25) is 11.8 Å². The van der Waals surface area contributed by atoms with Gasteiger partial charge in [0.05, 0.1) is 32.6 Å². The Kier molecular flexibility index (Phi) is 9.68. The first-order valence-electron chi connectivity index (χ1n) is 12.3. The van der Waals surface area contributed by atoms with Crippen molar-refractivity contribution in [2.45, 2.75) is 18.1 Å². The predicted octanol–water partition coefficient (Wildman–Crippen LogP) is 5.35. The lowest BCUT2D eigenvalue weighted by molar-refractivity contribution is -0.129. The number of esters is 1. The molecule has 3 aromatic carbocycles. The van der Waals surface area contributed by atoms with E-state index in [0.29, 0.717) is 51.6 Å². The van der Waals surface area contributed by atoms with Crippen LogP contribution < -0.4 is 14.8 Å². The fraction of sp³-hybridized carbons (Fsp3) is 0.241. The molecule has 9 nitrogen and oxygen atoms in total. The number of amidine groups is 1. The maximum Gasteiger partial charge on any atom is 0.337 e. The van der Waals surface area contributed by atoms with Crippen LogP contribution in [-0.2, 0) is 20.7 Å². The number of halogens is 1. The number of anilines is 1. The monoisotopic (exact) mass is 581 g/mol. The number of methoxy groups -OCH3 is 3. The highest BCUT2D eigenvalue weighted by Gasteiger charge is 2.36. The number of carbonyl (C=O) groups is 3. The molecular formula is C29H28ClN3O6S. The summed E-state index contributed by atoms with van der Waals surface area (Å²) in [6.07, 6.45) is 0.540. The van der Waals surface area contributed by atoms with Gasteiger partial charge in [0, 0.05) is 23.7 Å². The molecule has 1 aliphatic rings. The molecule has 2 amide bonds. The number of thioether (sulfide) groups is 1. The molecule has 0 aliphatic carbocycles. The number of hydrogen-bond acceptors (Lipinski definition) is 8. The molecule has 1 N–H and O–H groups in total. The van der Waals surface area contributed by atoms with Crippen LogP contribution in [-0.4, -0.2) is 61.0 Å². The van der Waals surface area contributed by atoms with Gasteiger partial charge in [-0.1, -0.05) is 29.4 Å². The van der Waals surface area contributed by atoms with Crippen LogP contribution in [0.15, 0.2) is 71.7 Å². The Balaban J connectivity index is 1.53. The van der Waals surface area contributed by atoms with Gasteiger partial charge in [-0.05, 0) is 72.6 Å². The van der Waals surface area contributed by atoms with E-state index in [1.54, 1.807) is 67.7 Å². The second-order valence-corrected chi connectivity index (χ2v) is 10.3. The number of rotatable bonds is 9. The van der Waals surface area contributed by atoms with E-state index in [1.807, 2.05) is 18.2 Å². The maximum atomic E-state index is 13.3. The molecule has 0 bridgehead atoms. The zero-order valence-corrected chi connectivity index (χ0v) is 23.8. The van der Waals surface area contributed by atoms with Crippen molar-refractivity contribution in [3.05, 3.63) is 82.9 Å². The van der Waals surface area contributed by atoms with Crippen LogP contribution in [0.4, 0.5) is 11.4 Å². The summed E-state index contributed by atoms with van der Waals surface area (Å²) in [5.74, 6) is 0.198. The van der Waals surface area contributed by atoms with E-state index >= 15 is 0 Å². The number of nitrogens with one attached hydrogen (secondary N) is 1. The van der Waals surface area contributed by atoms with Crippen molar-refractivity contribution in [1.29, 1.82) is 0 Å². The average molecular weight is 582 g/mol. The molecule has 0 aromatic heterocycles. The maximum absolute atomic E-state index is 13.3. The molecule has 208 valence electrons. The van der Waals surface area contributed by atoms with Gasteiger partial charge < -0.3 is 19.5 Å². The zero-order valence-electron chi connectivity index (χ0n) is 22.2. The van der Waals surface area contributed by atoms with Gasteiger partial charge in [0.1, 0.15) is 5.25 Å². The molecule has 3 aromatic rings. The summed E-state index contributed by atoms with van der Waals surface area (Å²) in [5.41, 5.74) is 2.43. The molecule has 1 fully saturated rings. The number of nitrogens with zero attached hydrogens (tertiary/aromatic N) is 2. The molecule has 11 heteroatoms. The molecule has 0 saturated carbocycles. The van der Waals surface area contributed by atoms with Crippen molar-refractivity contribution in [2.24, 2.45) is 4.99 Å². The lowest BCUT2D eigenvalue weighted by Gasteiger charge is -2.32. The molecule has 0 radical (unpaired) electrons. The SMILES string of the molecule is COC(=O)c1ccc(NC(=O)C2CC(=O)N(CCc3ccc(OC)c(OC)c3)C(=Nc3ccc(Cl)cc3)S2)cc1. The first kappa shape index (κ1) is 29.0. The summed E-state index contributed by atoms with van der Waals surface area (Å²) >= 11 is 7.25. The molecule has 1 atom stereocenters. The highest BCUT2D eigenvalue weighted by molar-refractivity contribution is 8.15. The quantitative estimate of drug-likeness (QED) is 0.340. The van der Waals surface area contributed by atoms with Gasteiger partial charge in [0.15, 0.2) is 16.7 Å². The summed E-state index contributed by atoms with van der Waals surface area (Å²) in [6.45, 7) is 0.358. The summed E-state index contributed by atoms with van der Waals surface area (Å²) in [4.78, 5) is 44.5. The van der Waals surface area contributed by atoms with E-state index in [0.717, 1.165) is 5.56 Å². The van der Waals surface area contributed by atoms with Gasteiger partial charge in [-0.2, -0.15) is 0 Å². The zero-order chi connectivity index (χ0) is 28.6. The Morgan fingerprint density at radius 1 is 1.00 bits per heavy atom. The van der Waals surface area contributed by atoms with Crippen molar-refractivity contribution in [3.8, 4) is 11.5 Å². The van der Waals surface area contributed by atoms with E-state index in [4.69, 9.17) is 30.8 Å². The largest absolute Gasteiger partial charge is 0.493 e. The molecule has 0 spiro atoms. The lowest BCUT2D eigenvalue weighted by Crippen LogP contribution is -2.46. The Hall–Kier alpha value is -4.02. The highest BCUT2D eigenvalue weighted by Crippen LogP contribution is 2.32. The Bertz CT molecular complexity index is 1410. The number of benzene rings is 3. The van der Waals surface area contributed by atoms with E-state index < -0.39 is 11.2 Å². The summed E-state index contributed by atoms with van der Waals surface area (Å²) < 4.78 is 15.4. The Morgan fingerprint density at radius 2 is 1.70 bits per heavy atom. The number of ether oxygens (including phenoxy) is 3. The van der Waals surface area contributed by atoms with Gasteiger partial charge in [-0.15, -0.1) is 0 Å². The minimum atomic E-state index is -0.698. The molecule has 1 heterocycles. The Morgan fingerprint density at radius 3 is 2.35 bits per heavy atom. The van der Waals surface area contributed by atoms with E-state index in [1.165, 1.54) is 18.9 Å². The third kappa shape index (κ3) is 7.13. The minimum absolute atomic E-state index is 0.00230. The van der Waals surface area contributed by atoms with E-state index in [2.05, 4.69) is 5.32 Å². The second kappa shape index (κ2) is 13.4. The first-order chi connectivity index (χ1) is 19.3. The standard InChI is InChI=1S/C29H28ClN3O6S/c1-37-23-13-4-18(16-24(23)38-2)14-15-33-26(34)17-25(40-29(33)32-22-11-7-20(30)8-12-22)27(35)31-21-9-5-19(6-10-21)28(36)39-3/h4-13,16,25H,14-15,17H2,1-3H3,(H,31,35). The lowest BCUT2D eigenvalue weighted by atomic mass is 10.1. The van der Waals surface area contributed by atoms with Crippen LogP contribution in [0.5, 0.6) is 11.5 Å². The predicted molar refractivity (Wildman–Crippen MR) is 156 cm³/mol. The van der Waals surface area contributed by atoms with Crippen LogP contribution in [0.3, 0.4) is 0 Å². The smallest absolute Gasteiger partial charge is 0.337 e. The van der Waals surface area contributed by atoms with E-state index in [9.17, 15) is 14.4 Å². The van der Waals surface area contributed by atoms with Gasteiger partial charge in [0.25, 0.3) is 0 Å². The minimum Gasteiger partial charge on any atom is -0.493 e. The average Bonchev–Trinajstić information content (AvgIpc) is 2.97. The van der Waals surface area contributed by atoms with Crippen LogP contribution in [0.2, 0.25) is 5.02 Å². The van der Waals surface area contributed by atoms with Gasteiger partial charge >= 0.3 is 5.97 Å². The number of hydrogen-bond donors (Lipinski definition) is 1. The fourth-order valence-electron chi connectivity index (χ4n) is 3.99. The summed E-state index contributed by atoms with van der Waals surface area (Å²) in [7, 11) is 4.45. The van der Waals surface area contributed by atoms with Gasteiger partial charge in [-0.25, -0.2) is 9.79 Å². The second-order valence-electron chi connectivity index (χ2n) is 8.72. The van der Waals surface area contributed by atoms with Gasteiger partial charge in [-0.3, -0.25) is 14.5 Å². The van der Waals surface area contributed by atoms with Crippen molar-refractivity contribution < 1.29 is 28.6 Å². The third-order valence-corrected chi connectivity index (χ3v) is 7.57. The number of aliphatic imine (C=N–C) groups is 1. The van der Waals surface area contributed by atoms with Crippen LogP contribution in [0.1, 0.15) is 22.3 Å². The number of amides is 2.